The maximum atomic E-state index is 5.52. The summed E-state index contributed by atoms with van der Waals surface area (Å²) in [5, 5.41) is 3.32. The predicted octanol–water partition coefficient (Wildman–Crippen LogP) is 2.95. The first-order chi connectivity index (χ1) is 8.63. The van der Waals surface area contributed by atoms with Crippen LogP contribution in [-0.4, -0.2) is 32.8 Å². The van der Waals surface area contributed by atoms with Gasteiger partial charge in [-0.25, -0.2) is 0 Å². The smallest absolute Gasteiger partial charge is 0.0668 e. The van der Waals surface area contributed by atoms with Gasteiger partial charge in [0.1, 0.15) is 0 Å². The van der Waals surface area contributed by atoms with Gasteiger partial charge in [-0.2, -0.15) is 0 Å². The lowest BCUT2D eigenvalue weighted by atomic mass is 10.0. The van der Waals surface area contributed by atoms with E-state index in [1.54, 1.807) is 0 Å². The zero-order valence-corrected chi connectivity index (χ0v) is 12.8. The molecule has 0 aliphatic carbocycles. The molecule has 0 spiro atoms. The van der Waals surface area contributed by atoms with Gasteiger partial charge in [0.15, 0.2) is 0 Å². The van der Waals surface area contributed by atoms with Crippen LogP contribution in [0.15, 0.2) is 22.7 Å². The van der Waals surface area contributed by atoms with E-state index in [4.69, 9.17) is 4.74 Å². The quantitative estimate of drug-likeness (QED) is 0.928. The minimum atomic E-state index is 0.340. The van der Waals surface area contributed by atoms with Crippen LogP contribution in [-0.2, 0) is 4.74 Å². The zero-order valence-electron chi connectivity index (χ0n) is 11.2. The van der Waals surface area contributed by atoms with E-state index in [0.717, 1.165) is 24.2 Å². The van der Waals surface area contributed by atoms with Gasteiger partial charge in [-0.05, 0) is 44.7 Å². The molecule has 1 fully saturated rings. The molecule has 100 valence electrons. The van der Waals surface area contributed by atoms with E-state index in [1.807, 2.05) is 7.05 Å². The molecule has 2 unspecified atom stereocenters. The van der Waals surface area contributed by atoms with Crippen LogP contribution in [0.25, 0.3) is 0 Å². The van der Waals surface area contributed by atoms with Crippen molar-refractivity contribution in [1.82, 2.24) is 5.32 Å². The normalized spacial score (nSPS) is 22.0. The molecule has 0 amide bonds. The van der Waals surface area contributed by atoms with E-state index in [2.05, 4.69) is 58.2 Å². The van der Waals surface area contributed by atoms with Gasteiger partial charge >= 0.3 is 0 Å². The van der Waals surface area contributed by atoms with Gasteiger partial charge in [-0.3, -0.25) is 0 Å². The molecule has 3 nitrogen and oxygen atoms in total. The van der Waals surface area contributed by atoms with Gasteiger partial charge in [-0.15, -0.1) is 0 Å². The Bertz CT molecular complexity index is 411. The molecule has 1 aromatic rings. The summed E-state index contributed by atoms with van der Waals surface area (Å²) in [6.45, 7) is 6.99. The second kappa shape index (κ2) is 6.04. The van der Waals surface area contributed by atoms with E-state index in [9.17, 15) is 0 Å². The monoisotopic (exact) mass is 312 g/mol. The number of anilines is 1. The fourth-order valence-corrected chi connectivity index (χ4v) is 2.75. The third kappa shape index (κ3) is 2.87. The molecule has 1 aliphatic heterocycles. The topological polar surface area (TPSA) is 24.5 Å². The van der Waals surface area contributed by atoms with E-state index < -0.39 is 0 Å². The number of nitrogens with zero attached hydrogens (tertiary/aromatic N) is 1. The number of rotatable bonds is 3. The van der Waals surface area contributed by atoms with Crippen LogP contribution >= 0.6 is 15.9 Å². The Morgan fingerprint density at radius 3 is 2.94 bits per heavy atom. The van der Waals surface area contributed by atoms with Gasteiger partial charge < -0.3 is 15.0 Å². The first kappa shape index (κ1) is 13.8. The molecular weight excluding hydrogens is 292 g/mol. The molecule has 18 heavy (non-hydrogen) atoms. The number of hydrogen-bond acceptors (Lipinski definition) is 3. The lowest BCUT2D eigenvalue weighted by Crippen LogP contribution is -2.44. The molecule has 2 rings (SSSR count). The molecule has 0 radical (unpaired) electrons. The highest BCUT2D eigenvalue weighted by atomic mass is 79.9. The molecule has 0 saturated carbocycles. The van der Waals surface area contributed by atoms with Gasteiger partial charge in [0.25, 0.3) is 0 Å². The molecule has 0 bridgehead atoms. The average Bonchev–Trinajstić information content (AvgIpc) is 2.39. The summed E-state index contributed by atoms with van der Waals surface area (Å²) < 4.78 is 6.65. The van der Waals surface area contributed by atoms with Crippen molar-refractivity contribution in [3.63, 3.8) is 0 Å². The number of hydrogen-bond donors (Lipinski definition) is 1. The molecule has 1 saturated heterocycles. The zero-order chi connectivity index (χ0) is 13.1. The van der Waals surface area contributed by atoms with Crippen LogP contribution < -0.4 is 10.2 Å². The van der Waals surface area contributed by atoms with Crippen LogP contribution in [0, 0.1) is 0 Å². The first-order valence-electron chi connectivity index (χ1n) is 6.44. The van der Waals surface area contributed by atoms with Crippen molar-refractivity contribution in [3.05, 3.63) is 28.2 Å². The number of halogens is 1. The lowest BCUT2D eigenvalue weighted by molar-refractivity contribution is 0.0988. The Hall–Kier alpha value is -0.580. The van der Waals surface area contributed by atoms with Crippen molar-refractivity contribution in [2.75, 3.05) is 31.7 Å². The summed E-state index contributed by atoms with van der Waals surface area (Å²) in [6, 6.07) is 7.30. The second-order valence-corrected chi connectivity index (χ2v) is 5.75. The summed E-state index contributed by atoms with van der Waals surface area (Å²) >= 11 is 3.56. The van der Waals surface area contributed by atoms with Crippen molar-refractivity contribution < 1.29 is 4.74 Å². The van der Waals surface area contributed by atoms with Gasteiger partial charge in [0.2, 0.25) is 0 Å². The Morgan fingerprint density at radius 1 is 1.50 bits per heavy atom. The summed E-state index contributed by atoms with van der Waals surface area (Å²) in [5.41, 5.74) is 2.65. The minimum absolute atomic E-state index is 0.340. The number of nitrogens with one attached hydrogen (secondary N) is 1. The SMILES string of the molecule is CNC(C)c1cc(Br)ccc1N1CCOCC1C. The van der Waals surface area contributed by atoms with Gasteiger partial charge in [-0.1, -0.05) is 15.9 Å². The molecular formula is C14H21BrN2O. The fraction of sp³-hybridized carbons (Fsp3) is 0.571. The first-order valence-corrected chi connectivity index (χ1v) is 7.24. The molecule has 1 heterocycles. The summed E-state index contributed by atoms with van der Waals surface area (Å²) in [7, 11) is 2.00. The fourth-order valence-electron chi connectivity index (χ4n) is 2.37. The van der Waals surface area contributed by atoms with Crippen LogP contribution in [0.2, 0.25) is 0 Å². The highest BCUT2D eigenvalue weighted by molar-refractivity contribution is 9.10. The minimum Gasteiger partial charge on any atom is -0.377 e. The summed E-state index contributed by atoms with van der Waals surface area (Å²) in [6.07, 6.45) is 0. The maximum absolute atomic E-state index is 5.52. The van der Waals surface area contributed by atoms with Crippen LogP contribution in [0.1, 0.15) is 25.5 Å². The van der Waals surface area contributed by atoms with E-state index in [1.165, 1.54) is 11.3 Å². The van der Waals surface area contributed by atoms with Crippen LogP contribution in [0.5, 0.6) is 0 Å². The van der Waals surface area contributed by atoms with Crippen LogP contribution in [0.4, 0.5) is 5.69 Å². The van der Waals surface area contributed by atoms with E-state index in [0.29, 0.717) is 12.1 Å². The van der Waals surface area contributed by atoms with Gasteiger partial charge in [0.05, 0.1) is 13.2 Å². The molecule has 1 aliphatic rings. The van der Waals surface area contributed by atoms with Crippen molar-refractivity contribution in [2.45, 2.75) is 25.9 Å². The van der Waals surface area contributed by atoms with Crippen molar-refractivity contribution >= 4 is 21.6 Å². The molecule has 2 atom stereocenters. The van der Waals surface area contributed by atoms with Crippen molar-refractivity contribution in [2.24, 2.45) is 0 Å². The van der Waals surface area contributed by atoms with Crippen LogP contribution in [0.3, 0.4) is 0 Å². The Morgan fingerprint density at radius 2 is 2.28 bits per heavy atom. The Balaban J connectivity index is 2.36. The largest absolute Gasteiger partial charge is 0.377 e. The molecule has 4 heteroatoms. The average molecular weight is 313 g/mol. The highest BCUT2D eigenvalue weighted by Gasteiger charge is 2.22. The second-order valence-electron chi connectivity index (χ2n) is 4.83. The molecule has 1 aromatic carbocycles. The number of morpholine rings is 1. The van der Waals surface area contributed by atoms with Crippen molar-refractivity contribution in [3.8, 4) is 0 Å². The van der Waals surface area contributed by atoms with E-state index >= 15 is 0 Å². The highest BCUT2D eigenvalue weighted by Crippen LogP contribution is 2.31. The lowest BCUT2D eigenvalue weighted by Gasteiger charge is -2.37. The Kier molecular flexibility index (Phi) is 4.65. The third-order valence-corrected chi connectivity index (χ3v) is 4.06. The number of benzene rings is 1. The summed E-state index contributed by atoms with van der Waals surface area (Å²) in [5.74, 6) is 0. The van der Waals surface area contributed by atoms with Crippen molar-refractivity contribution in [1.29, 1.82) is 0 Å². The molecule has 0 aromatic heterocycles. The van der Waals surface area contributed by atoms with E-state index in [-0.39, 0.29) is 0 Å². The Labute approximate surface area is 118 Å². The summed E-state index contributed by atoms with van der Waals surface area (Å²) in [4.78, 5) is 2.44. The van der Waals surface area contributed by atoms with Gasteiger partial charge in [0, 0.05) is 28.8 Å². The standard InChI is InChI=1S/C14H21BrN2O/c1-10-9-18-7-6-17(10)14-5-4-12(15)8-13(14)11(2)16-3/h4-5,8,10-11,16H,6-7,9H2,1-3H3. The third-order valence-electron chi connectivity index (χ3n) is 3.57. The maximum Gasteiger partial charge on any atom is 0.0668 e. The number of ether oxygens (including phenoxy) is 1. The molecule has 1 N–H and O–H groups in total. The predicted molar refractivity (Wildman–Crippen MR) is 79.2 cm³/mol.